The molecule has 2 nitrogen and oxygen atoms in total. The van der Waals surface area contributed by atoms with Crippen LogP contribution in [0.5, 0.6) is 0 Å². The quantitative estimate of drug-likeness (QED) is 0.839. The molecule has 0 aromatic heterocycles. The van der Waals surface area contributed by atoms with Crippen molar-refractivity contribution < 1.29 is 5.11 Å². The van der Waals surface area contributed by atoms with Gasteiger partial charge in [0.2, 0.25) is 0 Å². The van der Waals surface area contributed by atoms with E-state index in [-0.39, 0.29) is 12.6 Å². The highest BCUT2D eigenvalue weighted by molar-refractivity contribution is 14.1. The largest absolute Gasteiger partial charge is 0.394 e. The highest BCUT2D eigenvalue weighted by Gasteiger charge is 2.14. The summed E-state index contributed by atoms with van der Waals surface area (Å²) in [5.41, 5.74) is 0.967. The maximum Gasteiger partial charge on any atom is 0.0627 e. The Morgan fingerprint density at radius 2 is 2.31 bits per heavy atom. The minimum Gasteiger partial charge on any atom is -0.394 e. The summed E-state index contributed by atoms with van der Waals surface area (Å²) in [6.45, 7) is 0.0518. The van der Waals surface area contributed by atoms with Gasteiger partial charge in [-0.2, -0.15) is 0 Å². The smallest absolute Gasteiger partial charge is 0.0627 e. The van der Waals surface area contributed by atoms with Gasteiger partial charge in [-0.1, -0.05) is 17.7 Å². The Kier molecular flexibility index (Phi) is 4.45. The second-order valence-electron chi connectivity index (χ2n) is 2.66. The second kappa shape index (κ2) is 5.14. The Morgan fingerprint density at radius 1 is 1.62 bits per heavy atom. The number of aliphatic hydroxyl groups excluding tert-OH is 1. The molecule has 0 aliphatic heterocycles. The number of likely N-dealkylation sites (N-methyl/N-ethyl adjacent to an activating group) is 1. The second-order valence-corrected chi connectivity index (χ2v) is 4.23. The molecule has 0 fully saturated rings. The molecule has 1 atom stereocenters. The summed E-state index contributed by atoms with van der Waals surface area (Å²) in [5, 5.41) is 12.8. The molecule has 72 valence electrons. The molecule has 0 aliphatic carbocycles. The molecule has 4 heteroatoms. The van der Waals surface area contributed by atoms with Crippen LogP contribution in [0, 0.1) is 3.57 Å². The lowest BCUT2D eigenvalue weighted by atomic mass is 10.1. The van der Waals surface area contributed by atoms with E-state index in [1.807, 2.05) is 18.2 Å². The highest BCUT2D eigenvalue weighted by Crippen LogP contribution is 2.27. The van der Waals surface area contributed by atoms with Gasteiger partial charge in [-0.15, -0.1) is 0 Å². The first kappa shape index (κ1) is 11.2. The Hall–Kier alpha value is 0.160. The molecule has 0 unspecified atom stereocenters. The van der Waals surface area contributed by atoms with E-state index in [4.69, 9.17) is 16.7 Å². The standard InChI is InChI=1S/C9H11ClINO/c1-12-8(5-13)9-6(10)3-2-4-7(9)11/h2-4,8,12-13H,5H2,1H3/t8-/m0/s1. The maximum atomic E-state index is 9.10. The number of rotatable bonds is 3. The molecule has 0 amide bonds. The lowest BCUT2D eigenvalue weighted by Crippen LogP contribution is -2.21. The van der Waals surface area contributed by atoms with Crippen molar-refractivity contribution in [3.05, 3.63) is 32.4 Å². The van der Waals surface area contributed by atoms with Crippen LogP contribution >= 0.6 is 34.2 Å². The van der Waals surface area contributed by atoms with Crippen LogP contribution < -0.4 is 5.32 Å². The summed E-state index contributed by atoms with van der Waals surface area (Å²) < 4.78 is 1.07. The molecule has 2 N–H and O–H groups in total. The van der Waals surface area contributed by atoms with Crippen LogP contribution in [-0.4, -0.2) is 18.8 Å². The molecular weight excluding hydrogens is 300 g/mol. The molecule has 0 saturated carbocycles. The van der Waals surface area contributed by atoms with E-state index in [2.05, 4.69) is 27.9 Å². The van der Waals surface area contributed by atoms with Crippen molar-refractivity contribution in [2.45, 2.75) is 6.04 Å². The van der Waals surface area contributed by atoms with E-state index in [0.29, 0.717) is 5.02 Å². The van der Waals surface area contributed by atoms with E-state index < -0.39 is 0 Å². The molecule has 1 aromatic carbocycles. The third-order valence-corrected chi connectivity index (χ3v) is 3.15. The van der Waals surface area contributed by atoms with Gasteiger partial charge in [0, 0.05) is 14.2 Å². The van der Waals surface area contributed by atoms with Gasteiger partial charge in [-0.25, -0.2) is 0 Å². The molecule has 0 bridgehead atoms. The molecule has 0 heterocycles. The van der Waals surface area contributed by atoms with Gasteiger partial charge in [0.05, 0.1) is 12.6 Å². The van der Waals surface area contributed by atoms with Gasteiger partial charge in [0.15, 0.2) is 0 Å². The first-order chi connectivity index (χ1) is 6.20. The fourth-order valence-electron chi connectivity index (χ4n) is 1.17. The predicted octanol–water partition coefficient (Wildman–Crippen LogP) is 2.20. The van der Waals surface area contributed by atoms with Gasteiger partial charge >= 0.3 is 0 Å². The van der Waals surface area contributed by atoms with Crippen molar-refractivity contribution in [3.8, 4) is 0 Å². The molecular formula is C9H11ClINO. The lowest BCUT2D eigenvalue weighted by molar-refractivity contribution is 0.250. The SMILES string of the molecule is CN[C@@H](CO)c1c(Cl)cccc1I. The molecule has 13 heavy (non-hydrogen) atoms. The van der Waals surface area contributed by atoms with E-state index >= 15 is 0 Å². The van der Waals surface area contributed by atoms with E-state index in [0.717, 1.165) is 9.13 Å². The zero-order valence-corrected chi connectivity index (χ0v) is 10.1. The Labute approximate surface area is 96.4 Å². The van der Waals surface area contributed by atoms with Crippen LogP contribution in [0.2, 0.25) is 5.02 Å². The number of benzene rings is 1. The van der Waals surface area contributed by atoms with Crippen molar-refractivity contribution in [1.29, 1.82) is 0 Å². The monoisotopic (exact) mass is 311 g/mol. The summed E-state index contributed by atoms with van der Waals surface area (Å²) in [6, 6.07) is 5.62. The molecule has 0 aliphatic rings. The fraction of sp³-hybridized carbons (Fsp3) is 0.333. The predicted molar refractivity (Wildman–Crippen MR) is 63.1 cm³/mol. The van der Waals surface area contributed by atoms with Crippen molar-refractivity contribution in [2.75, 3.05) is 13.7 Å². The third-order valence-electron chi connectivity index (χ3n) is 1.88. The molecule has 1 rings (SSSR count). The zero-order chi connectivity index (χ0) is 9.84. The van der Waals surface area contributed by atoms with Crippen molar-refractivity contribution >= 4 is 34.2 Å². The van der Waals surface area contributed by atoms with Crippen LogP contribution in [0.1, 0.15) is 11.6 Å². The summed E-state index contributed by atoms with van der Waals surface area (Å²) in [5.74, 6) is 0. The number of nitrogens with one attached hydrogen (secondary N) is 1. The van der Waals surface area contributed by atoms with Crippen molar-refractivity contribution in [3.63, 3.8) is 0 Å². The minimum atomic E-state index is -0.0828. The summed E-state index contributed by atoms with van der Waals surface area (Å²) in [4.78, 5) is 0. The third kappa shape index (κ3) is 2.56. The Bertz CT molecular complexity index is 269. The van der Waals surface area contributed by atoms with Crippen LogP contribution in [0.25, 0.3) is 0 Å². The van der Waals surface area contributed by atoms with Gasteiger partial charge in [0.1, 0.15) is 0 Å². The van der Waals surface area contributed by atoms with Crippen LogP contribution in [-0.2, 0) is 0 Å². The zero-order valence-electron chi connectivity index (χ0n) is 7.22. The van der Waals surface area contributed by atoms with Gasteiger partial charge in [-0.3, -0.25) is 0 Å². The number of hydrogen-bond acceptors (Lipinski definition) is 2. The van der Waals surface area contributed by atoms with E-state index in [9.17, 15) is 0 Å². The van der Waals surface area contributed by atoms with Crippen molar-refractivity contribution in [2.24, 2.45) is 0 Å². The van der Waals surface area contributed by atoms with Gasteiger partial charge in [-0.05, 0) is 41.8 Å². The van der Waals surface area contributed by atoms with Crippen LogP contribution in [0.3, 0.4) is 0 Å². The minimum absolute atomic E-state index is 0.0518. The molecule has 0 spiro atoms. The maximum absolute atomic E-state index is 9.10. The van der Waals surface area contributed by atoms with Crippen molar-refractivity contribution in [1.82, 2.24) is 5.32 Å². The van der Waals surface area contributed by atoms with Gasteiger partial charge < -0.3 is 10.4 Å². The summed E-state index contributed by atoms with van der Waals surface area (Å²) in [7, 11) is 1.81. The fourth-order valence-corrected chi connectivity index (χ4v) is 2.51. The first-order valence-electron chi connectivity index (χ1n) is 3.92. The first-order valence-corrected chi connectivity index (χ1v) is 5.38. The number of hydrogen-bond donors (Lipinski definition) is 2. The summed E-state index contributed by atoms with van der Waals surface area (Å²) >= 11 is 8.24. The normalized spacial score (nSPS) is 12.9. The number of halogens is 2. The summed E-state index contributed by atoms with van der Waals surface area (Å²) in [6.07, 6.45) is 0. The average Bonchev–Trinajstić information content (AvgIpc) is 2.11. The lowest BCUT2D eigenvalue weighted by Gasteiger charge is -2.16. The van der Waals surface area contributed by atoms with Crippen LogP contribution in [0.4, 0.5) is 0 Å². The Balaban J connectivity index is 3.10. The Morgan fingerprint density at radius 3 is 2.77 bits per heavy atom. The molecule has 0 saturated heterocycles. The molecule has 1 aromatic rings. The topological polar surface area (TPSA) is 32.3 Å². The highest BCUT2D eigenvalue weighted by atomic mass is 127. The average molecular weight is 312 g/mol. The van der Waals surface area contributed by atoms with Gasteiger partial charge in [0.25, 0.3) is 0 Å². The molecule has 0 radical (unpaired) electrons. The van der Waals surface area contributed by atoms with Crippen LogP contribution in [0.15, 0.2) is 18.2 Å². The van der Waals surface area contributed by atoms with E-state index in [1.54, 1.807) is 7.05 Å². The number of aliphatic hydroxyl groups is 1. The van der Waals surface area contributed by atoms with E-state index in [1.165, 1.54) is 0 Å².